The fraction of sp³-hybridized carbons (Fsp3) is 0.0189. The van der Waals surface area contributed by atoms with Gasteiger partial charge in [-0.1, -0.05) is 176 Å². The van der Waals surface area contributed by atoms with E-state index >= 15 is 0 Å². The van der Waals surface area contributed by atoms with E-state index in [0.29, 0.717) is 0 Å². The number of nitrogens with zero attached hydrogens (tertiary/aromatic N) is 1. The maximum Gasteiger partial charge on any atom is 0.0541 e. The first-order chi connectivity index (χ1) is 27.2. The van der Waals surface area contributed by atoms with Crippen molar-refractivity contribution in [2.24, 2.45) is 0 Å². The molecule has 0 unspecified atom stereocenters. The van der Waals surface area contributed by atoms with Crippen LogP contribution in [-0.2, 0) is 0 Å². The largest absolute Gasteiger partial charge is 0.362 e. The summed E-state index contributed by atoms with van der Waals surface area (Å²) in [5.41, 5.74) is 13.6. The standard InChI is InChI=1S/C53H42N2/c1-2-41(27-26-40-16-7-3-8-17-40)50-25-15-22-46-32-37-52(51(53(46)50)38-39-54-47-23-13-6-14-24-47)55(48-33-28-44(29-34-48)42-18-9-4-10-19-42)49-35-30-45(31-36-49)43-20-11-5-12-21-43/h2-39,54H,1H3/b27-26-,39-38+,41-2-. The Balaban J connectivity index is 1.32. The Labute approximate surface area is 324 Å². The first-order valence-corrected chi connectivity index (χ1v) is 18.8. The van der Waals surface area contributed by atoms with Crippen LogP contribution in [0.4, 0.5) is 22.7 Å². The molecule has 0 heterocycles. The van der Waals surface area contributed by atoms with E-state index in [2.05, 4.69) is 242 Å². The van der Waals surface area contributed by atoms with Gasteiger partial charge in [0.1, 0.15) is 0 Å². The van der Waals surface area contributed by atoms with E-state index in [1.54, 1.807) is 0 Å². The lowest BCUT2D eigenvalue weighted by Crippen LogP contribution is -2.12. The number of hydrogen-bond donors (Lipinski definition) is 1. The van der Waals surface area contributed by atoms with Gasteiger partial charge in [0, 0.05) is 28.8 Å². The Hall–Kier alpha value is -7.16. The Kier molecular flexibility index (Phi) is 10.6. The lowest BCUT2D eigenvalue weighted by atomic mass is 9.92. The molecule has 2 nitrogen and oxygen atoms in total. The average molecular weight is 707 g/mol. The number of nitrogens with one attached hydrogen (secondary N) is 1. The molecule has 0 saturated heterocycles. The number of benzene rings is 8. The molecule has 0 atom stereocenters. The molecule has 8 rings (SSSR count). The van der Waals surface area contributed by atoms with E-state index in [1.807, 2.05) is 6.07 Å². The molecule has 0 aliphatic rings. The lowest BCUT2D eigenvalue weighted by molar-refractivity contribution is 1.28. The minimum absolute atomic E-state index is 1.03. The van der Waals surface area contributed by atoms with Gasteiger partial charge in [-0.05, 0) is 105 Å². The summed E-state index contributed by atoms with van der Waals surface area (Å²) < 4.78 is 0. The summed E-state index contributed by atoms with van der Waals surface area (Å²) >= 11 is 0. The molecule has 0 fully saturated rings. The lowest BCUT2D eigenvalue weighted by Gasteiger charge is -2.29. The summed E-state index contributed by atoms with van der Waals surface area (Å²) in [7, 11) is 0. The van der Waals surface area contributed by atoms with Crippen LogP contribution >= 0.6 is 0 Å². The van der Waals surface area contributed by atoms with Gasteiger partial charge in [0.2, 0.25) is 0 Å². The van der Waals surface area contributed by atoms with Gasteiger partial charge in [-0.25, -0.2) is 0 Å². The third-order valence-electron chi connectivity index (χ3n) is 9.92. The molecular weight excluding hydrogens is 665 g/mol. The highest BCUT2D eigenvalue weighted by Gasteiger charge is 2.20. The van der Waals surface area contributed by atoms with E-state index < -0.39 is 0 Å². The minimum atomic E-state index is 1.03. The molecule has 1 N–H and O–H groups in total. The van der Waals surface area contributed by atoms with Crippen LogP contribution in [0.1, 0.15) is 23.6 Å². The minimum Gasteiger partial charge on any atom is -0.362 e. The van der Waals surface area contributed by atoms with E-state index in [9.17, 15) is 0 Å². The molecule has 2 heteroatoms. The predicted molar refractivity (Wildman–Crippen MR) is 238 cm³/mol. The summed E-state index contributed by atoms with van der Waals surface area (Å²) in [6, 6.07) is 70.9. The second kappa shape index (κ2) is 16.7. The third-order valence-corrected chi connectivity index (χ3v) is 9.92. The number of rotatable bonds is 11. The van der Waals surface area contributed by atoms with Gasteiger partial charge in [-0.3, -0.25) is 0 Å². The molecule has 0 aromatic heterocycles. The van der Waals surface area contributed by atoms with Crippen LogP contribution in [0.2, 0.25) is 0 Å². The van der Waals surface area contributed by atoms with Gasteiger partial charge in [-0.2, -0.15) is 0 Å². The zero-order valence-electron chi connectivity index (χ0n) is 30.9. The molecule has 0 spiro atoms. The normalized spacial score (nSPS) is 11.7. The second-order valence-corrected chi connectivity index (χ2v) is 13.4. The monoisotopic (exact) mass is 706 g/mol. The van der Waals surface area contributed by atoms with E-state index in [4.69, 9.17) is 0 Å². The van der Waals surface area contributed by atoms with Crippen LogP contribution < -0.4 is 10.2 Å². The van der Waals surface area contributed by atoms with Gasteiger partial charge < -0.3 is 10.2 Å². The highest BCUT2D eigenvalue weighted by Crippen LogP contribution is 2.43. The number of anilines is 4. The van der Waals surface area contributed by atoms with Crippen molar-refractivity contribution in [3.8, 4) is 22.3 Å². The predicted octanol–water partition coefficient (Wildman–Crippen LogP) is 14.8. The highest BCUT2D eigenvalue weighted by atomic mass is 15.1. The van der Waals surface area contributed by atoms with E-state index in [-0.39, 0.29) is 0 Å². The van der Waals surface area contributed by atoms with Crippen molar-refractivity contribution in [3.05, 3.63) is 235 Å². The molecule has 8 aromatic carbocycles. The molecule has 8 aromatic rings. The maximum atomic E-state index is 3.54. The van der Waals surface area contributed by atoms with Crippen LogP contribution in [0, 0.1) is 0 Å². The van der Waals surface area contributed by atoms with Gasteiger partial charge in [0.25, 0.3) is 0 Å². The second-order valence-electron chi connectivity index (χ2n) is 13.4. The van der Waals surface area contributed by atoms with E-state index in [0.717, 1.165) is 33.9 Å². The topological polar surface area (TPSA) is 15.3 Å². The van der Waals surface area contributed by atoms with E-state index in [1.165, 1.54) is 44.2 Å². The Morgan fingerprint density at radius 3 is 1.56 bits per heavy atom. The van der Waals surface area contributed by atoms with Crippen LogP contribution in [0.5, 0.6) is 0 Å². The van der Waals surface area contributed by atoms with Gasteiger partial charge in [0.15, 0.2) is 0 Å². The average Bonchev–Trinajstić information content (AvgIpc) is 3.26. The van der Waals surface area contributed by atoms with Crippen LogP contribution in [0.25, 0.3) is 50.8 Å². The SMILES string of the molecule is C/C=C(/C=C\c1ccccc1)c1cccc2ccc(N(c3ccc(-c4ccccc4)cc3)c3ccc(-c4ccccc4)cc3)c(/C=C/Nc3ccccc3)c12. The maximum absolute atomic E-state index is 3.54. The van der Waals surface area contributed by atoms with Crippen LogP contribution in [0.3, 0.4) is 0 Å². The molecule has 0 aliphatic carbocycles. The Bertz CT molecular complexity index is 2490. The molecule has 0 aliphatic heterocycles. The smallest absolute Gasteiger partial charge is 0.0541 e. The fourth-order valence-electron chi connectivity index (χ4n) is 7.14. The van der Waals surface area contributed by atoms with Crippen molar-refractivity contribution >= 4 is 51.2 Å². The number of allylic oxidation sites excluding steroid dienone is 3. The zero-order valence-corrected chi connectivity index (χ0v) is 30.9. The fourth-order valence-corrected chi connectivity index (χ4v) is 7.14. The van der Waals surface area contributed by atoms with Crippen molar-refractivity contribution in [2.45, 2.75) is 6.92 Å². The zero-order chi connectivity index (χ0) is 37.2. The summed E-state index contributed by atoms with van der Waals surface area (Å²) in [5, 5.41) is 5.89. The molecule has 55 heavy (non-hydrogen) atoms. The summed E-state index contributed by atoms with van der Waals surface area (Å²) in [5.74, 6) is 0. The first-order valence-electron chi connectivity index (χ1n) is 18.8. The van der Waals surface area contributed by atoms with Crippen molar-refractivity contribution in [1.29, 1.82) is 0 Å². The highest BCUT2D eigenvalue weighted by molar-refractivity contribution is 6.06. The van der Waals surface area contributed by atoms with Crippen LogP contribution in [0.15, 0.2) is 219 Å². The molecule has 264 valence electrons. The summed E-state index contributed by atoms with van der Waals surface area (Å²) in [6.07, 6.45) is 10.9. The Morgan fingerprint density at radius 2 is 1.00 bits per heavy atom. The van der Waals surface area contributed by atoms with Crippen LogP contribution in [-0.4, -0.2) is 0 Å². The van der Waals surface area contributed by atoms with Crippen molar-refractivity contribution in [1.82, 2.24) is 0 Å². The van der Waals surface area contributed by atoms with Gasteiger partial charge >= 0.3 is 0 Å². The molecule has 0 amide bonds. The molecule has 0 bridgehead atoms. The summed E-state index contributed by atoms with van der Waals surface area (Å²) in [4.78, 5) is 2.39. The molecule has 0 saturated carbocycles. The first kappa shape index (κ1) is 34.9. The van der Waals surface area contributed by atoms with Crippen molar-refractivity contribution in [2.75, 3.05) is 10.2 Å². The quantitative estimate of drug-likeness (QED) is 0.135. The van der Waals surface area contributed by atoms with Gasteiger partial charge in [0.05, 0.1) is 5.69 Å². The van der Waals surface area contributed by atoms with Crippen molar-refractivity contribution in [3.63, 3.8) is 0 Å². The molecule has 0 radical (unpaired) electrons. The summed E-state index contributed by atoms with van der Waals surface area (Å²) in [6.45, 7) is 2.12. The Morgan fingerprint density at radius 1 is 0.473 bits per heavy atom. The van der Waals surface area contributed by atoms with Crippen molar-refractivity contribution < 1.29 is 0 Å². The van der Waals surface area contributed by atoms with Gasteiger partial charge in [-0.15, -0.1) is 0 Å². The number of para-hydroxylation sites is 1. The molecular formula is C53H42N2. The number of fused-ring (bicyclic) bond motifs is 1. The number of hydrogen-bond acceptors (Lipinski definition) is 2. The third kappa shape index (κ3) is 7.95.